The number of carbonyl (C=O) groups is 8. The van der Waals surface area contributed by atoms with E-state index < -0.39 is 92.1 Å². The van der Waals surface area contributed by atoms with Gasteiger partial charge in [-0.05, 0) is 12.8 Å². The minimum Gasteiger partial charge on any atom is -0.481 e. The number of nitrogens with two attached hydrogens (primary N) is 2. The summed E-state index contributed by atoms with van der Waals surface area (Å²) >= 11 is 0. The average molecular weight is 575 g/mol. The number of hydrogen-bond donors (Lipinski definition) is 12. The third-order valence-corrected chi connectivity index (χ3v) is 4.60. The van der Waals surface area contributed by atoms with Gasteiger partial charge in [-0.2, -0.15) is 0 Å². The van der Waals surface area contributed by atoms with Crippen molar-refractivity contribution in [3.63, 3.8) is 0 Å². The first-order valence-electron chi connectivity index (χ1n) is 11.6. The van der Waals surface area contributed by atoms with Crippen LogP contribution in [-0.4, -0.2) is 115 Å². The molecule has 224 valence electrons. The molecule has 0 aliphatic rings. The van der Waals surface area contributed by atoms with Gasteiger partial charge in [0.2, 0.25) is 35.4 Å². The van der Waals surface area contributed by atoms with Crippen LogP contribution >= 0.6 is 0 Å². The fourth-order valence-electron chi connectivity index (χ4n) is 2.69. The maximum Gasteiger partial charge on any atom is 0.326 e. The Morgan fingerprint density at radius 3 is 1.62 bits per heavy atom. The molecule has 0 aliphatic carbocycles. The highest BCUT2D eigenvalue weighted by Crippen LogP contribution is 1.98. The third kappa shape index (κ3) is 17.4. The minimum atomic E-state index is -1.73. The molecular weight excluding hydrogens is 540 g/mol. The van der Waals surface area contributed by atoms with Crippen molar-refractivity contribution in [2.75, 3.05) is 39.3 Å². The molecular formula is C20H34N10O10. The number of carbonyl (C=O) groups excluding carboxylic acids is 6. The van der Waals surface area contributed by atoms with Gasteiger partial charge in [-0.15, -0.1) is 0 Å². The van der Waals surface area contributed by atoms with Crippen LogP contribution in [0.2, 0.25) is 0 Å². The van der Waals surface area contributed by atoms with Crippen LogP contribution in [0.25, 0.3) is 0 Å². The van der Waals surface area contributed by atoms with Crippen LogP contribution in [0.5, 0.6) is 0 Å². The summed E-state index contributed by atoms with van der Waals surface area (Å²) in [5, 5.41) is 40.4. The molecule has 0 spiro atoms. The molecule has 0 aromatic rings. The highest BCUT2D eigenvalue weighted by molar-refractivity contribution is 5.94. The lowest BCUT2D eigenvalue weighted by molar-refractivity contribution is -0.147. The van der Waals surface area contributed by atoms with Crippen molar-refractivity contribution in [2.24, 2.45) is 11.5 Å². The van der Waals surface area contributed by atoms with Crippen LogP contribution in [0.4, 0.5) is 0 Å². The summed E-state index contributed by atoms with van der Waals surface area (Å²) < 4.78 is 0. The minimum absolute atomic E-state index is 0.00520. The largest absolute Gasteiger partial charge is 0.481 e. The number of amides is 6. The van der Waals surface area contributed by atoms with E-state index in [0.717, 1.165) is 0 Å². The lowest BCUT2D eigenvalue weighted by Crippen LogP contribution is -2.52. The van der Waals surface area contributed by atoms with Crippen LogP contribution in [0.3, 0.4) is 0 Å². The van der Waals surface area contributed by atoms with Gasteiger partial charge in [0.25, 0.3) is 0 Å². The summed E-state index contributed by atoms with van der Waals surface area (Å²) in [4.78, 5) is 93.1. The standard InChI is InChI=1S/C20H34N10O10/c21-5-12(31)25-6-13(32)26-7-14(33)27-8-15(34)29-10(2-1-3-24-20(22)23)18(38)28-9-16(35)30-11(19(39)40)4-17(36)37/h10-11H,1-9,21H2,(H,25,31)(H,26,32)(H,27,33)(H,28,38)(H,29,34)(H,30,35)(H,36,37)(H,39,40)(H4,22,23,24)/t10-,11-/m0/s1. The van der Waals surface area contributed by atoms with Crippen molar-refractivity contribution in [3.05, 3.63) is 0 Å². The molecule has 14 N–H and O–H groups in total. The van der Waals surface area contributed by atoms with E-state index in [9.17, 15) is 38.4 Å². The first-order valence-corrected chi connectivity index (χ1v) is 11.6. The second-order valence-corrected chi connectivity index (χ2v) is 7.91. The normalized spacial score (nSPS) is 11.5. The molecule has 0 unspecified atom stereocenters. The van der Waals surface area contributed by atoms with Gasteiger partial charge in [-0.25, -0.2) is 4.79 Å². The lowest BCUT2D eigenvalue weighted by atomic mass is 10.1. The van der Waals surface area contributed by atoms with Gasteiger partial charge in [0, 0.05) is 6.54 Å². The van der Waals surface area contributed by atoms with Crippen LogP contribution in [0.1, 0.15) is 19.3 Å². The quantitative estimate of drug-likeness (QED) is 0.0388. The second-order valence-electron chi connectivity index (χ2n) is 7.91. The number of nitrogens with one attached hydrogen (secondary N) is 8. The Kier molecular flexibility index (Phi) is 16.7. The molecule has 0 bridgehead atoms. The van der Waals surface area contributed by atoms with Gasteiger partial charge in [0.1, 0.15) is 12.1 Å². The van der Waals surface area contributed by atoms with E-state index in [0.29, 0.717) is 0 Å². The number of carboxylic acid groups (broad SMARTS) is 2. The molecule has 0 radical (unpaired) electrons. The number of carboxylic acids is 2. The fourth-order valence-corrected chi connectivity index (χ4v) is 2.69. The van der Waals surface area contributed by atoms with E-state index >= 15 is 0 Å². The highest BCUT2D eigenvalue weighted by atomic mass is 16.4. The molecule has 20 heteroatoms. The molecule has 0 fully saturated rings. The van der Waals surface area contributed by atoms with E-state index in [2.05, 4.69) is 31.9 Å². The Bertz CT molecular complexity index is 974. The van der Waals surface area contributed by atoms with Crippen molar-refractivity contribution in [1.29, 1.82) is 5.41 Å². The van der Waals surface area contributed by atoms with Gasteiger partial charge < -0.3 is 58.9 Å². The zero-order valence-electron chi connectivity index (χ0n) is 21.3. The summed E-state index contributed by atoms with van der Waals surface area (Å²) in [5.74, 6) is -8.06. The van der Waals surface area contributed by atoms with Gasteiger partial charge in [-0.3, -0.25) is 39.0 Å². The number of guanidine groups is 1. The van der Waals surface area contributed by atoms with Crippen molar-refractivity contribution in [3.8, 4) is 0 Å². The monoisotopic (exact) mass is 574 g/mol. The molecule has 20 nitrogen and oxygen atoms in total. The van der Waals surface area contributed by atoms with Crippen LogP contribution in [-0.2, 0) is 38.4 Å². The molecule has 40 heavy (non-hydrogen) atoms. The molecule has 0 heterocycles. The number of rotatable bonds is 19. The molecule has 6 amide bonds. The maximum atomic E-state index is 12.6. The molecule has 0 rings (SSSR count). The highest BCUT2D eigenvalue weighted by Gasteiger charge is 2.25. The van der Waals surface area contributed by atoms with E-state index in [1.807, 2.05) is 5.32 Å². The number of hydrogen-bond acceptors (Lipinski definition) is 10. The van der Waals surface area contributed by atoms with Gasteiger partial charge in [0.15, 0.2) is 5.96 Å². The molecule has 0 saturated carbocycles. The van der Waals surface area contributed by atoms with Crippen LogP contribution in [0.15, 0.2) is 0 Å². The van der Waals surface area contributed by atoms with E-state index in [1.165, 1.54) is 0 Å². The van der Waals surface area contributed by atoms with Gasteiger partial charge in [-0.1, -0.05) is 0 Å². The van der Waals surface area contributed by atoms with Crippen molar-refractivity contribution in [2.45, 2.75) is 31.3 Å². The smallest absolute Gasteiger partial charge is 0.326 e. The lowest BCUT2D eigenvalue weighted by Gasteiger charge is -2.19. The molecule has 0 aromatic carbocycles. The Morgan fingerprint density at radius 2 is 1.15 bits per heavy atom. The Balaban J connectivity index is 4.85. The number of aliphatic carboxylic acids is 2. The molecule has 0 aliphatic heterocycles. The summed E-state index contributed by atoms with van der Waals surface area (Å²) in [6.07, 6.45) is -0.672. The fraction of sp³-hybridized carbons (Fsp3) is 0.550. The molecule has 0 aromatic heterocycles. The van der Waals surface area contributed by atoms with Gasteiger partial charge >= 0.3 is 11.9 Å². The Morgan fingerprint density at radius 1 is 0.675 bits per heavy atom. The van der Waals surface area contributed by atoms with Crippen LogP contribution < -0.4 is 48.7 Å². The SMILES string of the molecule is N=C(N)NCCC[C@H](NC(=O)CNC(=O)CNC(=O)CNC(=O)CN)C(=O)NCC(=O)N[C@@H](CC(=O)O)C(=O)O. The molecule has 0 saturated heterocycles. The summed E-state index contributed by atoms with van der Waals surface area (Å²) in [5.41, 5.74) is 10.3. The Hall–Kier alpha value is -5.01. The predicted octanol–water partition coefficient (Wildman–Crippen LogP) is -6.80. The third-order valence-electron chi connectivity index (χ3n) is 4.60. The van der Waals surface area contributed by atoms with Crippen molar-refractivity contribution in [1.82, 2.24) is 37.2 Å². The zero-order valence-corrected chi connectivity index (χ0v) is 21.3. The summed E-state index contributed by atoms with van der Waals surface area (Å²) in [6.45, 7) is -2.41. The van der Waals surface area contributed by atoms with Crippen LogP contribution in [0, 0.1) is 5.41 Å². The first-order chi connectivity index (χ1) is 18.7. The summed E-state index contributed by atoms with van der Waals surface area (Å²) in [6, 6.07) is -2.96. The van der Waals surface area contributed by atoms with Crippen molar-refractivity contribution < 1.29 is 48.6 Å². The first kappa shape index (κ1) is 35.0. The second kappa shape index (κ2) is 19.1. The van der Waals surface area contributed by atoms with E-state index in [1.54, 1.807) is 0 Å². The predicted molar refractivity (Wildman–Crippen MR) is 134 cm³/mol. The van der Waals surface area contributed by atoms with E-state index in [4.69, 9.17) is 27.1 Å². The summed E-state index contributed by atoms with van der Waals surface area (Å²) in [7, 11) is 0. The van der Waals surface area contributed by atoms with Crippen molar-refractivity contribution >= 4 is 53.3 Å². The zero-order chi connectivity index (χ0) is 30.7. The topological polar surface area (TPSA) is 337 Å². The Labute approximate surface area is 227 Å². The van der Waals surface area contributed by atoms with Gasteiger partial charge in [0.05, 0.1) is 39.1 Å². The maximum absolute atomic E-state index is 12.6. The average Bonchev–Trinajstić information content (AvgIpc) is 2.88. The van der Waals surface area contributed by atoms with E-state index in [-0.39, 0.29) is 31.9 Å². The molecule has 2 atom stereocenters.